The molecule has 7 nitrogen and oxygen atoms in total. The molecule has 0 unspecified atom stereocenters. The summed E-state index contributed by atoms with van der Waals surface area (Å²) >= 11 is 0. The van der Waals surface area contributed by atoms with Gasteiger partial charge in [-0.15, -0.1) is 0 Å². The zero-order valence-electron chi connectivity index (χ0n) is 14.2. The second-order valence-electron chi connectivity index (χ2n) is 6.31. The molecule has 0 aliphatic carbocycles. The Morgan fingerprint density at radius 2 is 2.08 bits per heavy atom. The maximum atomic E-state index is 12.5. The lowest BCUT2D eigenvalue weighted by Crippen LogP contribution is -2.38. The number of carboxylic acid groups (broad SMARTS) is 1. The molecule has 1 aromatic carbocycles. The number of hydrogen-bond donors (Lipinski definition) is 2. The lowest BCUT2D eigenvalue weighted by molar-refractivity contribution is 0.0930. The second kappa shape index (κ2) is 7.23. The predicted molar refractivity (Wildman–Crippen MR) is 94.5 cm³/mol. The van der Waals surface area contributed by atoms with Crippen molar-refractivity contribution < 1.29 is 14.7 Å². The van der Waals surface area contributed by atoms with E-state index in [1.807, 2.05) is 13.0 Å². The van der Waals surface area contributed by atoms with E-state index in [9.17, 15) is 9.59 Å². The van der Waals surface area contributed by atoms with E-state index < -0.39 is 6.09 Å². The van der Waals surface area contributed by atoms with Gasteiger partial charge in [0.2, 0.25) is 0 Å². The van der Waals surface area contributed by atoms with E-state index in [-0.39, 0.29) is 30.2 Å². The van der Waals surface area contributed by atoms with E-state index in [1.165, 1.54) is 4.90 Å². The molecule has 0 radical (unpaired) electrons. The highest BCUT2D eigenvalue weighted by atomic mass is 16.4. The number of pyridine rings is 1. The van der Waals surface area contributed by atoms with Gasteiger partial charge in [0.25, 0.3) is 5.91 Å². The third kappa shape index (κ3) is 3.64. The fourth-order valence-corrected chi connectivity index (χ4v) is 3.16. The summed E-state index contributed by atoms with van der Waals surface area (Å²) < 4.78 is 0. The number of rotatable bonds is 3. The minimum absolute atomic E-state index is 0.134. The molecule has 0 spiro atoms. The number of nitriles is 1. The molecular weight excluding hydrogens is 332 g/mol. The van der Waals surface area contributed by atoms with E-state index in [0.29, 0.717) is 12.0 Å². The highest BCUT2D eigenvalue weighted by molar-refractivity contribution is 5.93. The molecule has 1 aliphatic rings. The molecule has 1 fully saturated rings. The third-order valence-corrected chi connectivity index (χ3v) is 4.47. The van der Waals surface area contributed by atoms with Crippen LogP contribution in [0.15, 0.2) is 42.6 Å². The van der Waals surface area contributed by atoms with Gasteiger partial charge in [0.05, 0.1) is 11.6 Å². The first-order chi connectivity index (χ1) is 12.5. The van der Waals surface area contributed by atoms with Crippen molar-refractivity contribution in [2.24, 2.45) is 0 Å². The molecule has 3 rings (SSSR count). The number of hydrogen-bond acceptors (Lipinski definition) is 4. The fraction of sp³-hybridized carbons (Fsp3) is 0.263. The Labute approximate surface area is 150 Å². The monoisotopic (exact) mass is 350 g/mol. The largest absolute Gasteiger partial charge is 0.465 e. The number of carbonyl (C=O) groups is 2. The first kappa shape index (κ1) is 17.4. The van der Waals surface area contributed by atoms with Crippen LogP contribution in [-0.2, 0) is 0 Å². The van der Waals surface area contributed by atoms with Crippen molar-refractivity contribution in [2.75, 3.05) is 6.54 Å². The van der Waals surface area contributed by atoms with Gasteiger partial charge in [-0.2, -0.15) is 5.26 Å². The fourth-order valence-electron chi connectivity index (χ4n) is 3.16. The van der Waals surface area contributed by atoms with Crippen LogP contribution in [0.1, 0.15) is 29.4 Å². The topological polar surface area (TPSA) is 106 Å². The summed E-state index contributed by atoms with van der Waals surface area (Å²) in [5.74, 6) is -0.340. The van der Waals surface area contributed by atoms with E-state index in [0.717, 1.165) is 11.1 Å². The van der Waals surface area contributed by atoms with Gasteiger partial charge in [0, 0.05) is 24.8 Å². The normalized spacial score (nSPS) is 19.0. The Morgan fingerprint density at radius 3 is 2.77 bits per heavy atom. The maximum Gasteiger partial charge on any atom is 0.407 e. The summed E-state index contributed by atoms with van der Waals surface area (Å²) in [5.41, 5.74) is 2.41. The summed E-state index contributed by atoms with van der Waals surface area (Å²) in [7, 11) is 0. The number of nitrogens with one attached hydrogen (secondary N) is 1. The highest BCUT2D eigenvalue weighted by Gasteiger charge is 2.33. The Bertz CT molecular complexity index is 890. The van der Waals surface area contributed by atoms with E-state index in [1.54, 1.807) is 36.5 Å². The maximum absolute atomic E-state index is 12.5. The number of aromatic nitrogens is 1. The van der Waals surface area contributed by atoms with Crippen LogP contribution in [0, 0.1) is 11.3 Å². The standard InChI is InChI=1S/C19H18N4O3/c1-12-7-16(11-23(12)19(25)26)22-18(24)17-9-15(5-6-21-17)14-4-2-3-13(8-14)10-20/h2-6,8-9,12,16H,7,11H2,1H3,(H,22,24)(H,25,26)/t12-,16-/m1/s1. The molecule has 2 aromatic rings. The average Bonchev–Trinajstić information content (AvgIpc) is 3.02. The second-order valence-corrected chi connectivity index (χ2v) is 6.31. The van der Waals surface area contributed by atoms with Gasteiger partial charge < -0.3 is 15.3 Å². The lowest BCUT2D eigenvalue weighted by Gasteiger charge is -2.16. The summed E-state index contributed by atoms with van der Waals surface area (Å²) in [6.45, 7) is 2.09. The van der Waals surface area contributed by atoms with Crippen LogP contribution in [0.25, 0.3) is 11.1 Å². The van der Waals surface area contributed by atoms with Gasteiger partial charge >= 0.3 is 6.09 Å². The van der Waals surface area contributed by atoms with Gasteiger partial charge in [0.15, 0.2) is 0 Å². The van der Waals surface area contributed by atoms with Crippen molar-refractivity contribution in [3.05, 3.63) is 53.9 Å². The van der Waals surface area contributed by atoms with Crippen LogP contribution < -0.4 is 5.32 Å². The van der Waals surface area contributed by atoms with Crippen LogP contribution in [0.4, 0.5) is 4.79 Å². The number of benzene rings is 1. The third-order valence-electron chi connectivity index (χ3n) is 4.47. The molecular formula is C19H18N4O3. The number of amides is 2. The molecule has 1 aliphatic heterocycles. The van der Waals surface area contributed by atoms with E-state index in [2.05, 4.69) is 16.4 Å². The molecule has 26 heavy (non-hydrogen) atoms. The van der Waals surface area contributed by atoms with Crippen molar-refractivity contribution in [1.82, 2.24) is 15.2 Å². The minimum atomic E-state index is -0.980. The van der Waals surface area contributed by atoms with Gasteiger partial charge in [-0.3, -0.25) is 9.78 Å². The first-order valence-electron chi connectivity index (χ1n) is 8.25. The first-order valence-corrected chi connectivity index (χ1v) is 8.25. The zero-order valence-corrected chi connectivity index (χ0v) is 14.2. The summed E-state index contributed by atoms with van der Waals surface area (Å²) in [6.07, 6.45) is 1.14. The van der Waals surface area contributed by atoms with Gasteiger partial charge in [0.1, 0.15) is 5.69 Å². The molecule has 2 heterocycles. The summed E-state index contributed by atoms with van der Waals surface area (Å²) in [5, 5.41) is 21.0. The van der Waals surface area contributed by atoms with Gasteiger partial charge in [-0.1, -0.05) is 12.1 Å². The molecule has 1 saturated heterocycles. The van der Waals surface area contributed by atoms with Crippen LogP contribution in [0.3, 0.4) is 0 Å². The minimum Gasteiger partial charge on any atom is -0.465 e. The molecule has 1 aromatic heterocycles. The quantitative estimate of drug-likeness (QED) is 0.884. The van der Waals surface area contributed by atoms with Crippen LogP contribution in [0.2, 0.25) is 0 Å². The van der Waals surface area contributed by atoms with Crippen LogP contribution in [0.5, 0.6) is 0 Å². The van der Waals surface area contributed by atoms with Crippen molar-refractivity contribution in [1.29, 1.82) is 5.26 Å². The molecule has 2 amide bonds. The molecule has 7 heteroatoms. The Balaban J connectivity index is 1.75. The smallest absolute Gasteiger partial charge is 0.407 e. The number of nitrogens with zero attached hydrogens (tertiary/aromatic N) is 3. The van der Waals surface area contributed by atoms with Crippen molar-refractivity contribution >= 4 is 12.0 Å². The van der Waals surface area contributed by atoms with E-state index >= 15 is 0 Å². The molecule has 132 valence electrons. The molecule has 2 atom stereocenters. The van der Waals surface area contributed by atoms with Gasteiger partial charge in [-0.25, -0.2) is 4.79 Å². The Kier molecular flexibility index (Phi) is 4.85. The van der Waals surface area contributed by atoms with Crippen molar-refractivity contribution in [3.8, 4) is 17.2 Å². The Morgan fingerprint density at radius 1 is 1.31 bits per heavy atom. The summed E-state index contributed by atoms with van der Waals surface area (Å²) in [6, 6.07) is 12.3. The highest BCUT2D eigenvalue weighted by Crippen LogP contribution is 2.21. The molecule has 2 N–H and O–H groups in total. The SMILES string of the molecule is C[C@@H]1C[C@@H](NC(=O)c2cc(-c3cccc(C#N)c3)ccn2)CN1C(=O)O. The summed E-state index contributed by atoms with van der Waals surface area (Å²) in [4.78, 5) is 29.1. The zero-order chi connectivity index (χ0) is 18.7. The number of carbonyl (C=O) groups excluding carboxylic acids is 1. The van der Waals surface area contributed by atoms with E-state index in [4.69, 9.17) is 10.4 Å². The van der Waals surface area contributed by atoms with Crippen molar-refractivity contribution in [2.45, 2.75) is 25.4 Å². The average molecular weight is 350 g/mol. The molecule has 0 bridgehead atoms. The van der Waals surface area contributed by atoms with Crippen LogP contribution in [-0.4, -0.2) is 45.6 Å². The number of likely N-dealkylation sites (tertiary alicyclic amines) is 1. The molecule has 0 saturated carbocycles. The van der Waals surface area contributed by atoms with Gasteiger partial charge in [-0.05, 0) is 48.7 Å². The predicted octanol–water partition coefficient (Wildman–Crippen LogP) is 2.49. The Hall–Kier alpha value is -3.40. The van der Waals surface area contributed by atoms with Crippen LogP contribution >= 0.6 is 0 Å². The lowest BCUT2D eigenvalue weighted by atomic mass is 10.0. The van der Waals surface area contributed by atoms with Crippen molar-refractivity contribution in [3.63, 3.8) is 0 Å².